The van der Waals surface area contributed by atoms with Crippen molar-refractivity contribution in [3.63, 3.8) is 0 Å². The average Bonchev–Trinajstić information content (AvgIpc) is 2.54. The Kier molecular flexibility index (Phi) is 3.39. The van der Waals surface area contributed by atoms with Crippen molar-refractivity contribution in [2.75, 3.05) is 13.7 Å². The number of hydrogen-bond donors (Lipinski definition) is 1. The van der Waals surface area contributed by atoms with E-state index in [4.69, 9.17) is 4.52 Å². The van der Waals surface area contributed by atoms with Crippen molar-refractivity contribution >= 4 is 5.97 Å². The average molecular weight is 185 g/mol. The van der Waals surface area contributed by atoms with E-state index in [-0.39, 0.29) is 5.82 Å². The standard InChI is InChI=1S/C7H11N3O3/c1-3-12-7(11)6-9-5(4-8-2)13-10-6/h8H,3-4H2,1-2H3. The molecule has 72 valence electrons. The molecule has 0 radical (unpaired) electrons. The number of nitrogens with zero attached hydrogens (tertiary/aromatic N) is 2. The summed E-state index contributed by atoms with van der Waals surface area (Å²) < 4.78 is 9.42. The van der Waals surface area contributed by atoms with Crippen LogP contribution in [0, 0.1) is 0 Å². The van der Waals surface area contributed by atoms with Crippen LogP contribution in [0.5, 0.6) is 0 Å². The summed E-state index contributed by atoms with van der Waals surface area (Å²) in [4.78, 5) is 14.8. The van der Waals surface area contributed by atoms with E-state index in [0.29, 0.717) is 19.0 Å². The van der Waals surface area contributed by atoms with Gasteiger partial charge in [-0.1, -0.05) is 0 Å². The summed E-state index contributed by atoms with van der Waals surface area (Å²) in [6.45, 7) is 2.45. The van der Waals surface area contributed by atoms with E-state index in [0.717, 1.165) is 0 Å². The van der Waals surface area contributed by atoms with E-state index >= 15 is 0 Å². The molecule has 1 aromatic rings. The summed E-state index contributed by atoms with van der Waals surface area (Å²) in [5.74, 6) is -0.230. The van der Waals surface area contributed by atoms with Crippen molar-refractivity contribution in [1.82, 2.24) is 15.5 Å². The minimum absolute atomic E-state index is 0.0351. The molecule has 0 amide bonds. The van der Waals surface area contributed by atoms with Crippen LogP contribution in [0.1, 0.15) is 23.4 Å². The molecule has 0 aliphatic heterocycles. The van der Waals surface area contributed by atoms with Gasteiger partial charge in [-0.15, -0.1) is 0 Å². The van der Waals surface area contributed by atoms with Crippen LogP contribution in [-0.2, 0) is 11.3 Å². The van der Waals surface area contributed by atoms with Gasteiger partial charge in [0, 0.05) is 0 Å². The second kappa shape index (κ2) is 4.56. The highest BCUT2D eigenvalue weighted by Crippen LogP contribution is 1.98. The first kappa shape index (κ1) is 9.66. The molecule has 0 atom stereocenters. The van der Waals surface area contributed by atoms with Gasteiger partial charge in [-0.25, -0.2) is 4.79 Å². The molecular formula is C7H11N3O3. The molecule has 0 saturated heterocycles. The molecule has 0 aliphatic rings. The lowest BCUT2D eigenvalue weighted by atomic mass is 10.6. The number of esters is 1. The molecule has 1 N–H and O–H groups in total. The van der Waals surface area contributed by atoms with Crippen molar-refractivity contribution in [2.45, 2.75) is 13.5 Å². The Bertz CT molecular complexity index is 284. The molecule has 6 heteroatoms. The highest BCUT2D eigenvalue weighted by molar-refractivity contribution is 5.84. The SMILES string of the molecule is CCOC(=O)c1noc(CNC)n1. The van der Waals surface area contributed by atoms with Gasteiger partial charge in [-0.2, -0.15) is 4.98 Å². The Morgan fingerprint density at radius 1 is 1.69 bits per heavy atom. The Hall–Kier alpha value is -1.43. The fourth-order valence-electron chi connectivity index (χ4n) is 0.756. The van der Waals surface area contributed by atoms with Crippen molar-refractivity contribution in [3.05, 3.63) is 11.7 Å². The van der Waals surface area contributed by atoms with Gasteiger partial charge < -0.3 is 14.6 Å². The van der Waals surface area contributed by atoms with Crippen LogP contribution in [0.25, 0.3) is 0 Å². The van der Waals surface area contributed by atoms with Gasteiger partial charge in [0.2, 0.25) is 5.89 Å². The normalized spacial score (nSPS) is 10.0. The Morgan fingerprint density at radius 3 is 3.08 bits per heavy atom. The topological polar surface area (TPSA) is 77.2 Å². The Balaban J connectivity index is 2.62. The molecule has 6 nitrogen and oxygen atoms in total. The van der Waals surface area contributed by atoms with E-state index in [1.165, 1.54) is 0 Å². The third-order valence-electron chi connectivity index (χ3n) is 1.25. The van der Waals surface area contributed by atoms with Crippen LogP contribution in [-0.4, -0.2) is 29.8 Å². The number of rotatable bonds is 4. The van der Waals surface area contributed by atoms with Crippen molar-refractivity contribution in [3.8, 4) is 0 Å². The Labute approximate surface area is 75.3 Å². The summed E-state index contributed by atoms with van der Waals surface area (Å²) in [6.07, 6.45) is 0. The van der Waals surface area contributed by atoms with Gasteiger partial charge in [0.05, 0.1) is 13.2 Å². The minimum atomic E-state index is -0.561. The van der Waals surface area contributed by atoms with Crippen LogP contribution in [0.4, 0.5) is 0 Å². The minimum Gasteiger partial charge on any atom is -0.460 e. The number of carbonyl (C=O) groups excluding carboxylic acids is 1. The van der Waals surface area contributed by atoms with E-state index < -0.39 is 5.97 Å². The largest absolute Gasteiger partial charge is 0.460 e. The third kappa shape index (κ3) is 2.51. The molecule has 1 heterocycles. The number of hydrogen-bond acceptors (Lipinski definition) is 6. The number of aromatic nitrogens is 2. The van der Waals surface area contributed by atoms with E-state index in [1.54, 1.807) is 14.0 Å². The summed E-state index contributed by atoms with van der Waals surface area (Å²) >= 11 is 0. The van der Waals surface area contributed by atoms with Gasteiger partial charge in [-0.3, -0.25) is 0 Å². The van der Waals surface area contributed by atoms with Gasteiger partial charge in [-0.05, 0) is 19.1 Å². The van der Waals surface area contributed by atoms with E-state index in [9.17, 15) is 4.79 Å². The maximum absolute atomic E-state index is 11.0. The van der Waals surface area contributed by atoms with Crippen LogP contribution in [0.15, 0.2) is 4.52 Å². The lowest BCUT2D eigenvalue weighted by Crippen LogP contribution is -2.08. The zero-order valence-corrected chi connectivity index (χ0v) is 7.53. The molecule has 0 unspecified atom stereocenters. The zero-order chi connectivity index (χ0) is 9.68. The van der Waals surface area contributed by atoms with Crippen LogP contribution in [0.2, 0.25) is 0 Å². The maximum Gasteiger partial charge on any atom is 0.379 e. The smallest absolute Gasteiger partial charge is 0.379 e. The molecule has 1 rings (SSSR count). The van der Waals surface area contributed by atoms with Gasteiger partial charge in [0.1, 0.15) is 0 Å². The first-order valence-corrected chi connectivity index (χ1v) is 3.92. The zero-order valence-electron chi connectivity index (χ0n) is 7.53. The molecule has 0 bridgehead atoms. The lowest BCUT2D eigenvalue weighted by Gasteiger charge is -1.93. The molecule has 0 saturated carbocycles. The highest BCUT2D eigenvalue weighted by Gasteiger charge is 2.14. The van der Waals surface area contributed by atoms with Crippen LogP contribution < -0.4 is 5.32 Å². The van der Waals surface area contributed by atoms with Crippen molar-refractivity contribution < 1.29 is 14.1 Å². The quantitative estimate of drug-likeness (QED) is 0.663. The Morgan fingerprint density at radius 2 is 2.46 bits per heavy atom. The molecular weight excluding hydrogens is 174 g/mol. The molecule has 0 spiro atoms. The first-order chi connectivity index (χ1) is 6.27. The number of carbonyl (C=O) groups is 1. The van der Waals surface area contributed by atoms with Crippen molar-refractivity contribution in [2.24, 2.45) is 0 Å². The second-order valence-corrected chi connectivity index (χ2v) is 2.26. The molecule has 0 fully saturated rings. The molecule has 0 aliphatic carbocycles. The van der Waals surface area contributed by atoms with Gasteiger partial charge >= 0.3 is 5.97 Å². The first-order valence-electron chi connectivity index (χ1n) is 3.92. The van der Waals surface area contributed by atoms with Gasteiger partial charge in [0.15, 0.2) is 0 Å². The second-order valence-electron chi connectivity index (χ2n) is 2.26. The summed E-state index contributed by atoms with van der Waals surface area (Å²) in [7, 11) is 1.74. The molecule has 1 aromatic heterocycles. The summed E-state index contributed by atoms with van der Waals surface area (Å²) in [5, 5.41) is 6.27. The monoisotopic (exact) mass is 185 g/mol. The predicted molar refractivity (Wildman–Crippen MR) is 43.0 cm³/mol. The van der Waals surface area contributed by atoms with Crippen molar-refractivity contribution in [1.29, 1.82) is 0 Å². The fourth-order valence-corrected chi connectivity index (χ4v) is 0.756. The summed E-state index contributed by atoms with van der Waals surface area (Å²) in [5.41, 5.74) is 0. The fraction of sp³-hybridized carbons (Fsp3) is 0.571. The molecule has 13 heavy (non-hydrogen) atoms. The van der Waals surface area contributed by atoms with Gasteiger partial charge in [0.25, 0.3) is 5.82 Å². The molecule has 0 aromatic carbocycles. The van der Waals surface area contributed by atoms with E-state index in [1.807, 2.05) is 0 Å². The highest BCUT2D eigenvalue weighted by atomic mass is 16.5. The van der Waals surface area contributed by atoms with Crippen LogP contribution in [0.3, 0.4) is 0 Å². The third-order valence-corrected chi connectivity index (χ3v) is 1.25. The van der Waals surface area contributed by atoms with E-state index in [2.05, 4.69) is 20.2 Å². The number of nitrogens with one attached hydrogen (secondary N) is 1. The maximum atomic E-state index is 11.0. The lowest BCUT2D eigenvalue weighted by molar-refractivity contribution is 0.0508. The predicted octanol–water partition coefficient (Wildman–Crippen LogP) is -0.0343. The van der Waals surface area contributed by atoms with Crippen LogP contribution >= 0.6 is 0 Å². The summed E-state index contributed by atoms with van der Waals surface area (Å²) in [6, 6.07) is 0. The number of ether oxygens (including phenoxy) is 1.